The van der Waals surface area contributed by atoms with E-state index in [0.717, 1.165) is 53.4 Å². The molecule has 1 amide bonds. The Balaban J connectivity index is 1.35. The summed E-state index contributed by atoms with van der Waals surface area (Å²) in [5.41, 5.74) is 5.76. The van der Waals surface area contributed by atoms with Crippen molar-refractivity contribution in [2.24, 2.45) is 5.92 Å². The minimum Gasteiger partial charge on any atom is -0.353 e. The molecule has 7 heteroatoms. The van der Waals surface area contributed by atoms with Crippen molar-refractivity contribution in [1.82, 2.24) is 19.8 Å². The molecule has 3 heterocycles. The lowest BCUT2D eigenvalue weighted by atomic mass is 9.89. The second-order valence-electron chi connectivity index (χ2n) is 9.97. The summed E-state index contributed by atoms with van der Waals surface area (Å²) in [5, 5.41) is 0. The summed E-state index contributed by atoms with van der Waals surface area (Å²) in [6.07, 6.45) is 6.76. The van der Waals surface area contributed by atoms with Crippen molar-refractivity contribution in [1.29, 1.82) is 0 Å². The third-order valence-electron chi connectivity index (χ3n) is 7.40. The van der Waals surface area contributed by atoms with E-state index in [2.05, 4.69) is 58.0 Å². The van der Waals surface area contributed by atoms with Crippen LogP contribution in [-0.4, -0.2) is 58.4 Å². The van der Waals surface area contributed by atoms with E-state index in [0.29, 0.717) is 18.7 Å². The van der Waals surface area contributed by atoms with Crippen LogP contribution in [0.3, 0.4) is 0 Å². The lowest BCUT2D eigenvalue weighted by molar-refractivity contribution is -0.131. The first-order valence-electron chi connectivity index (χ1n) is 13.3. The van der Waals surface area contributed by atoms with Crippen LogP contribution in [0.5, 0.6) is 0 Å². The zero-order valence-electron chi connectivity index (χ0n) is 22.3. The molecule has 0 N–H and O–H groups in total. The van der Waals surface area contributed by atoms with Crippen LogP contribution < -0.4 is 4.90 Å². The molecule has 2 aromatic carbocycles. The van der Waals surface area contributed by atoms with Gasteiger partial charge in [-0.2, -0.15) is 0 Å². The Hall–Kier alpha value is -4.00. The number of amides is 1. The number of rotatable bonds is 6. The number of nitrogens with zero attached hydrogens (tertiary/aromatic N) is 5. The van der Waals surface area contributed by atoms with Crippen LogP contribution in [-0.2, 0) is 11.2 Å². The first-order chi connectivity index (χ1) is 18.4. The molecule has 1 atom stereocenters. The molecule has 2 aliphatic rings. The van der Waals surface area contributed by atoms with Crippen molar-refractivity contribution in [3.8, 4) is 0 Å². The minimum absolute atomic E-state index is 0.0869. The van der Waals surface area contributed by atoms with E-state index in [9.17, 15) is 9.18 Å². The highest BCUT2D eigenvalue weighted by Gasteiger charge is 2.27. The summed E-state index contributed by atoms with van der Waals surface area (Å²) < 4.78 is 14.0. The largest absolute Gasteiger partial charge is 0.353 e. The molecule has 38 heavy (non-hydrogen) atoms. The van der Waals surface area contributed by atoms with Crippen molar-refractivity contribution in [2.45, 2.75) is 27.2 Å². The zero-order valence-corrected chi connectivity index (χ0v) is 22.3. The normalized spacial score (nSPS) is 17.8. The van der Waals surface area contributed by atoms with Crippen molar-refractivity contribution in [2.75, 3.05) is 37.6 Å². The molecular weight excluding hydrogens is 477 g/mol. The third-order valence-corrected chi connectivity index (χ3v) is 7.40. The second-order valence-corrected chi connectivity index (χ2v) is 9.97. The number of carbonyl (C=O) groups excluding carboxylic acids is 1. The van der Waals surface area contributed by atoms with Gasteiger partial charge in [0.2, 0.25) is 5.91 Å². The van der Waals surface area contributed by atoms with Crippen LogP contribution in [0, 0.1) is 18.7 Å². The van der Waals surface area contributed by atoms with E-state index in [1.165, 1.54) is 6.07 Å². The van der Waals surface area contributed by atoms with Gasteiger partial charge in [0.15, 0.2) is 0 Å². The summed E-state index contributed by atoms with van der Waals surface area (Å²) in [6, 6.07) is 17.4. The molecule has 1 unspecified atom stereocenters. The Morgan fingerprint density at radius 1 is 1.00 bits per heavy atom. The zero-order chi connectivity index (χ0) is 26.6. The number of carbonyl (C=O) groups is 1. The molecule has 6 nitrogen and oxygen atoms in total. The van der Waals surface area contributed by atoms with Crippen molar-refractivity contribution in [3.63, 3.8) is 0 Å². The average Bonchev–Trinajstić information content (AvgIpc) is 2.96. The molecule has 1 fully saturated rings. The fourth-order valence-electron chi connectivity index (χ4n) is 5.12. The van der Waals surface area contributed by atoms with Crippen LogP contribution in [0.2, 0.25) is 0 Å². The number of hydrogen-bond acceptors (Lipinski definition) is 5. The van der Waals surface area contributed by atoms with Gasteiger partial charge < -0.3 is 14.7 Å². The standard InChI is InChI=1S/C31H34FN5O/c1-4-26-18-30(34-21-33-26)35-12-14-36(15-13-35)31(38)20-37-19-27(25-10-11-28(32)23(3)16-25)22(2)17-29(37)24-8-6-5-7-9-24/h5-11,16-19,21-22H,4,12-15,20H2,1-3H3. The molecule has 196 valence electrons. The third kappa shape index (κ3) is 5.47. The highest BCUT2D eigenvalue weighted by molar-refractivity contribution is 5.84. The van der Waals surface area contributed by atoms with Crippen molar-refractivity contribution in [3.05, 3.63) is 101 Å². The fraction of sp³-hybridized carbons (Fsp3) is 0.323. The number of halogens is 1. The Bertz CT molecular complexity index is 1360. The molecule has 2 aliphatic heterocycles. The number of anilines is 1. The molecule has 3 aromatic rings. The molecule has 0 radical (unpaired) electrons. The van der Waals surface area contributed by atoms with E-state index in [-0.39, 0.29) is 24.2 Å². The first kappa shape index (κ1) is 25.6. The maximum absolute atomic E-state index is 14.0. The van der Waals surface area contributed by atoms with Gasteiger partial charge in [-0.3, -0.25) is 4.79 Å². The number of hydrogen-bond donors (Lipinski definition) is 0. The molecule has 0 bridgehead atoms. The van der Waals surface area contributed by atoms with Gasteiger partial charge in [0.1, 0.15) is 24.5 Å². The maximum Gasteiger partial charge on any atom is 0.242 e. The Morgan fingerprint density at radius 2 is 1.76 bits per heavy atom. The van der Waals surface area contributed by atoms with Gasteiger partial charge in [-0.25, -0.2) is 14.4 Å². The summed E-state index contributed by atoms with van der Waals surface area (Å²) in [5.74, 6) is 0.914. The van der Waals surface area contributed by atoms with Crippen LogP contribution >= 0.6 is 0 Å². The highest BCUT2D eigenvalue weighted by atomic mass is 19.1. The SMILES string of the molecule is CCc1cc(N2CCN(C(=O)CN3C=C(c4ccc(F)c(C)c4)C(C)C=C3c3ccccc3)CC2)ncn1. The summed E-state index contributed by atoms with van der Waals surface area (Å²) >= 11 is 0. The Morgan fingerprint density at radius 3 is 2.47 bits per heavy atom. The molecule has 5 rings (SSSR count). The summed E-state index contributed by atoms with van der Waals surface area (Å²) in [4.78, 5) is 28.5. The van der Waals surface area contributed by atoms with Crippen LogP contribution in [0.15, 0.2) is 73.2 Å². The number of aryl methyl sites for hydroxylation is 2. The molecule has 0 saturated carbocycles. The number of benzene rings is 2. The smallest absolute Gasteiger partial charge is 0.242 e. The van der Waals surface area contributed by atoms with Gasteiger partial charge in [-0.15, -0.1) is 0 Å². The van der Waals surface area contributed by atoms with Gasteiger partial charge in [0.25, 0.3) is 0 Å². The lowest BCUT2D eigenvalue weighted by Gasteiger charge is -2.37. The molecule has 1 aromatic heterocycles. The monoisotopic (exact) mass is 511 g/mol. The van der Waals surface area contributed by atoms with Crippen LogP contribution in [0.1, 0.15) is 36.2 Å². The maximum atomic E-state index is 14.0. The van der Waals surface area contributed by atoms with Gasteiger partial charge in [0, 0.05) is 55.8 Å². The van der Waals surface area contributed by atoms with Gasteiger partial charge >= 0.3 is 0 Å². The van der Waals surface area contributed by atoms with E-state index < -0.39 is 0 Å². The minimum atomic E-state index is -0.211. The average molecular weight is 512 g/mol. The van der Waals surface area contributed by atoms with E-state index >= 15 is 0 Å². The van der Waals surface area contributed by atoms with Crippen LogP contribution in [0.4, 0.5) is 10.2 Å². The predicted molar refractivity (Wildman–Crippen MR) is 150 cm³/mol. The lowest BCUT2D eigenvalue weighted by Crippen LogP contribution is -2.51. The quantitative estimate of drug-likeness (QED) is 0.457. The van der Waals surface area contributed by atoms with E-state index in [1.54, 1.807) is 13.3 Å². The molecular formula is C31H34FN5O. The van der Waals surface area contributed by atoms with Gasteiger partial charge in [-0.1, -0.05) is 56.3 Å². The topological polar surface area (TPSA) is 52.6 Å². The second kappa shape index (κ2) is 11.2. The number of aromatic nitrogens is 2. The Labute approximate surface area is 224 Å². The number of allylic oxidation sites excluding steroid dienone is 2. The predicted octanol–water partition coefficient (Wildman–Crippen LogP) is 5.17. The number of piperazine rings is 1. The summed E-state index contributed by atoms with van der Waals surface area (Å²) in [6.45, 7) is 9.01. The van der Waals surface area contributed by atoms with Crippen molar-refractivity contribution < 1.29 is 9.18 Å². The Kier molecular flexibility index (Phi) is 7.54. The van der Waals surface area contributed by atoms with Crippen molar-refractivity contribution >= 4 is 23.0 Å². The fourth-order valence-corrected chi connectivity index (χ4v) is 5.12. The molecule has 1 saturated heterocycles. The highest BCUT2D eigenvalue weighted by Crippen LogP contribution is 2.35. The van der Waals surface area contributed by atoms with Gasteiger partial charge in [0.05, 0.1) is 0 Å². The van der Waals surface area contributed by atoms with E-state index in [4.69, 9.17) is 0 Å². The first-order valence-corrected chi connectivity index (χ1v) is 13.3. The van der Waals surface area contributed by atoms with E-state index in [1.807, 2.05) is 41.3 Å². The molecule has 0 spiro atoms. The molecule has 0 aliphatic carbocycles. The van der Waals surface area contributed by atoms with Crippen LogP contribution in [0.25, 0.3) is 11.3 Å². The summed E-state index contributed by atoms with van der Waals surface area (Å²) in [7, 11) is 0. The van der Waals surface area contributed by atoms with Gasteiger partial charge in [-0.05, 0) is 47.7 Å².